The molecule has 3 rings (SSSR count). The minimum atomic E-state index is 0.257. The first-order chi connectivity index (χ1) is 14.2. The Morgan fingerprint density at radius 1 is 0.897 bits per heavy atom. The van der Waals surface area contributed by atoms with Crippen LogP contribution < -0.4 is 0 Å². The number of aromatic nitrogens is 3. The quantitative estimate of drug-likeness (QED) is 0.335. The fraction of sp³-hybridized carbons (Fsp3) is 0.500. The molecule has 3 aromatic rings. The molecule has 0 aliphatic carbocycles. The van der Waals surface area contributed by atoms with Crippen molar-refractivity contribution in [3.63, 3.8) is 0 Å². The van der Waals surface area contributed by atoms with Gasteiger partial charge in [0.25, 0.3) is 5.89 Å². The zero-order valence-corrected chi connectivity index (χ0v) is 17.7. The minimum Gasteiger partial charge on any atom is -0.506 e. The smallest absolute Gasteiger partial charge is 0.275 e. The zero-order chi connectivity index (χ0) is 20.5. The van der Waals surface area contributed by atoms with E-state index in [9.17, 15) is 5.11 Å². The van der Waals surface area contributed by atoms with Crippen LogP contribution in [-0.2, 0) is 12.8 Å². The molecule has 0 spiro atoms. The van der Waals surface area contributed by atoms with Crippen LogP contribution in [0.25, 0.3) is 23.0 Å². The Morgan fingerprint density at radius 3 is 2.38 bits per heavy atom. The van der Waals surface area contributed by atoms with E-state index in [4.69, 9.17) is 4.52 Å². The summed E-state index contributed by atoms with van der Waals surface area (Å²) in [5.41, 5.74) is 3.85. The predicted molar refractivity (Wildman–Crippen MR) is 117 cm³/mol. The third kappa shape index (κ3) is 5.72. The summed E-state index contributed by atoms with van der Waals surface area (Å²) in [4.78, 5) is 7.61. The molecular formula is C24H33N3O2. The number of aromatic hydroxyl groups is 1. The predicted octanol–water partition coefficient (Wildman–Crippen LogP) is 6.68. The number of hydrogen-bond acceptors (Lipinski definition) is 4. The summed E-state index contributed by atoms with van der Waals surface area (Å²) >= 11 is 0. The SMILES string of the molecule is CCCCCCCCc1ccc(-c2noc(-c3[nH]cc(O)c3CCCC)n2)cc1. The van der Waals surface area contributed by atoms with Crippen molar-refractivity contribution in [2.75, 3.05) is 0 Å². The van der Waals surface area contributed by atoms with E-state index in [2.05, 4.69) is 53.2 Å². The average molecular weight is 396 g/mol. The molecule has 5 nitrogen and oxygen atoms in total. The highest BCUT2D eigenvalue weighted by Gasteiger charge is 2.18. The molecule has 0 amide bonds. The number of hydrogen-bond donors (Lipinski definition) is 2. The Labute approximate surface area is 173 Å². The van der Waals surface area contributed by atoms with Gasteiger partial charge in [-0.1, -0.05) is 81.8 Å². The highest BCUT2D eigenvalue weighted by atomic mass is 16.5. The summed E-state index contributed by atoms with van der Waals surface area (Å²) in [6.45, 7) is 4.38. The van der Waals surface area contributed by atoms with E-state index in [1.54, 1.807) is 6.20 Å². The number of nitrogens with one attached hydrogen (secondary N) is 1. The molecule has 2 heterocycles. The maximum atomic E-state index is 10.1. The summed E-state index contributed by atoms with van der Waals surface area (Å²) < 4.78 is 5.48. The molecule has 156 valence electrons. The van der Waals surface area contributed by atoms with Gasteiger partial charge >= 0.3 is 0 Å². The van der Waals surface area contributed by atoms with Crippen molar-refractivity contribution in [1.82, 2.24) is 15.1 Å². The molecule has 2 N–H and O–H groups in total. The lowest BCUT2D eigenvalue weighted by Gasteiger charge is -2.03. The maximum absolute atomic E-state index is 10.1. The number of aryl methyl sites for hydroxylation is 1. The average Bonchev–Trinajstić information content (AvgIpc) is 3.36. The number of benzene rings is 1. The monoisotopic (exact) mass is 395 g/mol. The van der Waals surface area contributed by atoms with Crippen LogP contribution in [0.15, 0.2) is 35.0 Å². The molecule has 0 saturated carbocycles. The standard InChI is InChI=1S/C24H33N3O2/c1-3-5-7-8-9-10-11-18-13-15-19(16-14-18)23-26-24(29-27-23)22-20(12-6-4-2)21(28)17-25-22/h13-17,25,28H,3-12H2,1-2H3. The molecule has 0 saturated heterocycles. The van der Waals surface area contributed by atoms with Crippen molar-refractivity contribution in [2.45, 2.75) is 78.1 Å². The van der Waals surface area contributed by atoms with Crippen LogP contribution in [0.1, 0.15) is 76.3 Å². The van der Waals surface area contributed by atoms with Gasteiger partial charge < -0.3 is 14.6 Å². The third-order valence-electron chi connectivity index (χ3n) is 5.42. The Hall–Kier alpha value is -2.56. The van der Waals surface area contributed by atoms with Gasteiger partial charge in [-0.25, -0.2) is 0 Å². The van der Waals surface area contributed by atoms with E-state index < -0.39 is 0 Å². The van der Waals surface area contributed by atoms with Crippen molar-refractivity contribution in [3.8, 4) is 28.7 Å². The van der Waals surface area contributed by atoms with Crippen molar-refractivity contribution in [3.05, 3.63) is 41.6 Å². The van der Waals surface area contributed by atoms with Gasteiger partial charge in [0.2, 0.25) is 5.82 Å². The second kappa shape index (κ2) is 10.8. The Balaban J connectivity index is 1.61. The van der Waals surface area contributed by atoms with Gasteiger partial charge in [-0.05, 0) is 31.2 Å². The highest BCUT2D eigenvalue weighted by Crippen LogP contribution is 2.31. The van der Waals surface area contributed by atoms with Crippen LogP contribution in [0.2, 0.25) is 0 Å². The van der Waals surface area contributed by atoms with Gasteiger partial charge in [-0.2, -0.15) is 4.98 Å². The normalized spacial score (nSPS) is 11.2. The van der Waals surface area contributed by atoms with Crippen molar-refractivity contribution in [2.24, 2.45) is 0 Å². The number of nitrogens with zero attached hydrogens (tertiary/aromatic N) is 2. The third-order valence-corrected chi connectivity index (χ3v) is 5.42. The van der Waals surface area contributed by atoms with Gasteiger partial charge in [-0.3, -0.25) is 0 Å². The van der Waals surface area contributed by atoms with Crippen LogP contribution in [0.4, 0.5) is 0 Å². The maximum Gasteiger partial charge on any atom is 0.275 e. The van der Waals surface area contributed by atoms with Crippen LogP contribution in [0, 0.1) is 0 Å². The van der Waals surface area contributed by atoms with Gasteiger partial charge in [0.05, 0.1) is 0 Å². The van der Waals surface area contributed by atoms with Crippen LogP contribution in [0.3, 0.4) is 0 Å². The second-order valence-electron chi connectivity index (χ2n) is 7.77. The molecule has 0 radical (unpaired) electrons. The molecule has 2 aromatic heterocycles. The van der Waals surface area contributed by atoms with E-state index in [-0.39, 0.29) is 5.75 Å². The van der Waals surface area contributed by atoms with Gasteiger partial charge in [0.1, 0.15) is 11.4 Å². The fourth-order valence-corrected chi connectivity index (χ4v) is 3.61. The van der Waals surface area contributed by atoms with Crippen molar-refractivity contribution in [1.29, 1.82) is 0 Å². The van der Waals surface area contributed by atoms with Crippen molar-refractivity contribution >= 4 is 0 Å². The molecule has 0 aliphatic rings. The highest BCUT2D eigenvalue weighted by molar-refractivity contribution is 5.62. The lowest BCUT2D eigenvalue weighted by Crippen LogP contribution is -1.89. The van der Waals surface area contributed by atoms with Crippen LogP contribution in [0.5, 0.6) is 5.75 Å². The first-order valence-electron chi connectivity index (χ1n) is 11.1. The fourth-order valence-electron chi connectivity index (χ4n) is 3.61. The second-order valence-corrected chi connectivity index (χ2v) is 7.77. The molecule has 0 bridgehead atoms. The van der Waals surface area contributed by atoms with Gasteiger partial charge in [-0.15, -0.1) is 0 Å². The molecule has 5 heteroatoms. The Kier molecular flexibility index (Phi) is 7.91. The number of unbranched alkanes of at least 4 members (excludes halogenated alkanes) is 6. The number of H-pyrrole nitrogens is 1. The lowest BCUT2D eigenvalue weighted by molar-refractivity contribution is 0.430. The molecule has 0 atom stereocenters. The summed E-state index contributed by atoms with van der Waals surface area (Å²) in [7, 11) is 0. The molecule has 0 fully saturated rings. The summed E-state index contributed by atoms with van der Waals surface area (Å²) in [6.07, 6.45) is 13.4. The number of rotatable bonds is 12. The first-order valence-corrected chi connectivity index (χ1v) is 11.1. The summed E-state index contributed by atoms with van der Waals surface area (Å²) in [5, 5.41) is 14.2. The zero-order valence-electron chi connectivity index (χ0n) is 17.7. The summed E-state index contributed by atoms with van der Waals surface area (Å²) in [5.74, 6) is 1.25. The van der Waals surface area contributed by atoms with E-state index >= 15 is 0 Å². The van der Waals surface area contributed by atoms with Crippen LogP contribution >= 0.6 is 0 Å². The Bertz CT molecular complexity index is 865. The van der Waals surface area contributed by atoms with Gasteiger partial charge in [0, 0.05) is 17.3 Å². The van der Waals surface area contributed by atoms with E-state index in [0.717, 1.165) is 42.5 Å². The van der Waals surface area contributed by atoms with E-state index in [1.807, 2.05) is 0 Å². The molecular weight excluding hydrogens is 362 g/mol. The molecule has 1 aromatic carbocycles. The molecule has 0 aliphatic heterocycles. The first kappa shape index (κ1) is 21.2. The van der Waals surface area contributed by atoms with Gasteiger partial charge in [0.15, 0.2) is 0 Å². The topological polar surface area (TPSA) is 74.9 Å². The van der Waals surface area contributed by atoms with E-state index in [1.165, 1.54) is 44.1 Å². The minimum absolute atomic E-state index is 0.257. The van der Waals surface area contributed by atoms with E-state index in [0.29, 0.717) is 11.7 Å². The number of aromatic amines is 1. The van der Waals surface area contributed by atoms with Crippen LogP contribution in [-0.4, -0.2) is 20.2 Å². The molecule has 29 heavy (non-hydrogen) atoms. The van der Waals surface area contributed by atoms with Crippen molar-refractivity contribution < 1.29 is 9.63 Å². The molecule has 0 unspecified atom stereocenters. The summed E-state index contributed by atoms with van der Waals surface area (Å²) in [6, 6.07) is 8.44. The lowest BCUT2D eigenvalue weighted by atomic mass is 10.0. The largest absolute Gasteiger partial charge is 0.506 e. The Morgan fingerprint density at radius 2 is 1.62 bits per heavy atom.